The predicted octanol–water partition coefficient (Wildman–Crippen LogP) is 3.20. The molecular formula is C14H20ClNOS. The number of halogens is 1. The predicted molar refractivity (Wildman–Crippen MR) is 79.4 cm³/mol. The summed E-state index contributed by atoms with van der Waals surface area (Å²) in [6, 6.07) is 8.16. The Labute approximate surface area is 118 Å². The standard InChI is InChI=1S/C14H20ClNOS/c1-11-10-18-9-8-16(11)7-6-14(17)12-4-2-3-5-13(12)15/h2-5,11,14,17H,6-10H2,1H3. The fourth-order valence-electron chi connectivity index (χ4n) is 2.28. The maximum atomic E-state index is 10.2. The van der Waals surface area contributed by atoms with Crippen LogP contribution in [0, 0.1) is 0 Å². The van der Waals surface area contributed by atoms with Crippen LogP contribution < -0.4 is 0 Å². The Bertz CT molecular complexity index is 388. The van der Waals surface area contributed by atoms with Crippen molar-refractivity contribution < 1.29 is 5.11 Å². The van der Waals surface area contributed by atoms with Gasteiger partial charge in [0.2, 0.25) is 0 Å². The Balaban J connectivity index is 1.88. The minimum atomic E-state index is -0.458. The van der Waals surface area contributed by atoms with Gasteiger partial charge in [0.05, 0.1) is 6.10 Å². The van der Waals surface area contributed by atoms with Crippen molar-refractivity contribution >= 4 is 23.4 Å². The highest BCUT2D eigenvalue weighted by Crippen LogP contribution is 2.26. The largest absolute Gasteiger partial charge is 0.388 e. The summed E-state index contributed by atoms with van der Waals surface area (Å²) in [4.78, 5) is 2.45. The molecule has 18 heavy (non-hydrogen) atoms. The zero-order valence-electron chi connectivity index (χ0n) is 10.7. The Kier molecular flexibility index (Phi) is 5.37. The topological polar surface area (TPSA) is 23.5 Å². The second kappa shape index (κ2) is 6.80. The molecule has 1 N–H and O–H groups in total. The van der Waals surface area contributed by atoms with Gasteiger partial charge in [-0.2, -0.15) is 11.8 Å². The quantitative estimate of drug-likeness (QED) is 0.919. The molecule has 2 atom stereocenters. The Hall–Kier alpha value is -0.220. The van der Waals surface area contributed by atoms with Gasteiger partial charge in [-0.1, -0.05) is 29.8 Å². The average Bonchev–Trinajstić information content (AvgIpc) is 2.38. The molecule has 0 saturated carbocycles. The molecule has 0 spiro atoms. The van der Waals surface area contributed by atoms with Gasteiger partial charge < -0.3 is 5.11 Å². The lowest BCUT2D eigenvalue weighted by Gasteiger charge is -2.33. The van der Waals surface area contributed by atoms with Crippen molar-refractivity contribution in [2.45, 2.75) is 25.5 Å². The highest BCUT2D eigenvalue weighted by molar-refractivity contribution is 7.99. The second-order valence-corrected chi connectivity index (χ2v) is 6.34. The number of aliphatic hydroxyl groups is 1. The minimum absolute atomic E-state index is 0.458. The first kappa shape index (κ1) is 14.2. The van der Waals surface area contributed by atoms with E-state index in [9.17, 15) is 5.11 Å². The first-order chi connectivity index (χ1) is 8.68. The zero-order chi connectivity index (χ0) is 13.0. The molecule has 0 bridgehead atoms. The van der Waals surface area contributed by atoms with Crippen LogP contribution in [0.4, 0.5) is 0 Å². The van der Waals surface area contributed by atoms with Crippen molar-refractivity contribution in [3.05, 3.63) is 34.9 Å². The fraction of sp³-hybridized carbons (Fsp3) is 0.571. The second-order valence-electron chi connectivity index (χ2n) is 4.79. The van der Waals surface area contributed by atoms with Crippen LogP contribution in [-0.4, -0.2) is 40.6 Å². The Morgan fingerprint density at radius 1 is 1.50 bits per heavy atom. The van der Waals surface area contributed by atoms with Crippen LogP contribution in [0.5, 0.6) is 0 Å². The van der Waals surface area contributed by atoms with Crippen molar-refractivity contribution in [3.63, 3.8) is 0 Å². The monoisotopic (exact) mass is 285 g/mol. The van der Waals surface area contributed by atoms with E-state index in [0.29, 0.717) is 11.1 Å². The highest BCUT2D eigenvalue weighted by atomic mass is 35.5. The third-order valence-corrected chi connectivity index (χ3v) is 4.99. The Morgan fingerprint density at radius 2 is 2.28 bits per heavy atom. The summed E-state index contributed by atoms with van der Waals surface area (Å²) in [6.07, 6.45) is 0.291. The van der Waals surface area contributed by atoms with E-state index in [-0.39, 0.29) is 0 Å². The number of hydrogen-bond donors (Lipinski definition) is 1. The summed E-state index contributed by atoms with van der Waals surface area (Å²) in [7, 11) is 0. The van der Waals surface area contributed by atoms with E-state index in [0.717, 1.165) is 25.1 Å². The van der Waals surface area contributed by atoms with Crippen molar-refractivity contribution in [2.24, 2.45) is 0 Å². The fourth-order valence-corrected chi connectivity index (χ4v) is 3.63. The minimum Gasteiger partial charge on any atom is -0.388 e. The van der Waals surface area contributed by atoms with E-state index in [1.807, 2.05) is 36.0 Å². The zero-order valence-corrected chi connectivity index (χ0v) is 12.3. The van der Waals surface area contributed by atoms with Crippen LogP contribution in [0.15, 0.2) is 24.3 Å². The van der Waals surface area contributed by atoms with Gasteiger partial charge in [-0.25, -0.2) is 0 Å². The van der Waals surface area contributed by atoms with Crippen molar-refractivity contribution in [1.29, 1.82) is 0 Å². The molecule has 2 unspecified atom stereocenters. The molecule has 100 valence electrons. The number of hydrogen-bond acceptors (Lipinski definition) is 3. The molecule has 1 saturated heterocycles. The van der Waals surface area contributed by atoms with Crippen LogP contribution in [0.2, 0.25) is 5.02 Å². The van der Waals surface area contributed by atoms with Gasteiger partial charge in [0, 0.05) is 35.7 Å². The van der Waals surface area contributed by atoms with Crippen LogP contribution in [0.3, 0.4) is 0 Å². The maximum Gasteiger partial charge on any atom is 0.0816 e. The molecule has 1 aromatic rings. The molecule has 0 aliphatic carbocycles. The van der Waals surface area contributed by atoms with E-state index >= 15 is 0 Å². The number of nitrogens with zero attached hydrogens (tertiary/aromatic N) is 1. The maximum absolute atomic E-state index is 10.2. The van der Waals surface area contributed by atoms with Gasteiger partial charge in [0.15, 0.2) is 0 Å². The number of rotatable bonds is 4. The molecule has 1 aliphatic heterocycles. The number of aliphatic hydroxyl groups excluding tert-OH is 1. The first-order valence-corrected chi connectivity index (χ1v) is 7.96. The van der Waals surface area contributed by atoms with Crippen molar-refractivity contribution in [1.82, 2.24) is 4.90 Å². The summed E-state index contributed by atoms with van der Waals surface area (Å²) >= 11 is 8.11. The van der Waals surface area contributed by atoms with Gasteiger partial charge in [-0.15, -0.1) is 0 Å². The van der Waals surface area contributed by atoms with Gasteiger partial charge in [-0.05, 0) is 25.0 Å². The smallest absolute Gasteiger partial charge is 0.0816 e. The number of benzene rings is 1. The lowest BCUT2D eigenvalue weighted by atomic mass is 10.1. The van der Waals surface area contributed by atoms with E-state index in [2.05, 4.69) is 11.8 Å². The third-order valence-electron chi connectivity index (χ3n) is 3.46. The van der Waals surface area contributed by atoms with Crippen LogP contribution in [0.25, 0.3) is 0 Å². The molecule has 4 heteroatoms. The summed E-state index contributed by atoms with van der Waals surface area (Å²) in [5.74, 6) is 2.40. The van der Waals surface area contributed by atoms with E-state index < -0.39 is 6.10 Å². The highest BCUT2D eigenvalue weighted by Gasteiger charge is 2.20. The first-order valence-electron chi connectivity index (χ1n) is 6.43. The summed E-state index contributed by atoms with van der Waals surface area (Å²) in [5, 5.41) is 10.9. The van der Waals surface area contributed by atoms with Gasteiger partial charge >= 0.3 is 0 Å². The molecule has 2 rings (SSSR count). The summed E-state index contributed by atoms with van der Waals surface area (Å²) < 4.78 is 0. The molecule has 0 amide bonds. The molecule has 0 aromatic heterocycles. The van der Waals surface area contributed by atoms with E-state index in [4.69, 9.17) is 11.6 Å². The van der Waals surface area contributed by atoms with Crippen molar-refractivity contribution in [2.75, 3.05) is 24.6 Å². The molecule has 1 heterocycles. The average molecular weight is 286 g/mol. The van der Waals surface area contributed by atoms with Gasteiger partial charge in [-0.3, -0.25) is 4.90 Å². The normalized spacial score (nSPS) is 22.9. The lowest BCUT2D eigenvalue weighted by Crippen LogP contribution is -2.41. The van der Waals surface area contributed by atoms with E-state index in [1.54, 1.807) is 0 Å². The van der Waals surface area contributed by atoms with Crippen LogP contribution >= 0.6 is 23.4 Å². The molecule has 2 nitrogen and oxygen atoms in total. The van der Waals surface area contributed by atoms with Crippen molar-refractivity contribution in [3.8, 4) is 0 Å². The van der Waals surface area contributed by atoms with E-state index in [1.165, 1.54) is 11.5 Å². The van der Waals surface area contributed by atoms with Gasteiger partial charge in [0.1, 0.15) is 0 Å². The molecule has 1 fully saturated rings. The molecule has 1 aliphatic rings. The summed E-state index contributed by atoms with van der Waals surface area (Å²) in [6.45, 7) is 4.32. The SMILES string of the molecule is CC1CSCCN1CCC(O)c1ccccc1Cl. The summed E-state index contributed by atoms with van der Waals surface area (Å²) in [5.41, 5.74) is 0.846. The van der Waals surface area contributed by atoms with Gasteiger partial charge in [0.25, 0.3) is 0 Å². The lowest BCUT2D eigenvalue weighted by molar-refractivity contribution is 0.133. The van der Waals surface area contributed by atoms with Crippen LogP contribution in [0.1, 0.15) is 25.0 Å². The van der Waals surface area contributed by atoms with Crippen LogP contribution in [-0.2, 0) is 0 Å². The third kappa shape index (κ3) is 3.64. The Morgan fingerprint density at radius 3 is 3.00 bits per heavy atom. The molecular weight excluding hydrogens is 266 g/mol. The molecule has 1 aromatic carbocycles. The number of thioether (sulfide) groups is 1. The molecule has 0 radical (unpaired) electrons.